The fourth-order valence-electron chi connectivity index (χ4n) is 4.60. The lowest BCUT2D eigenvalue weighted by Gasteiger charge is -2.36. The van der Waals surface area contributed by atoms with Crippen LogP contribution in [0.25, 0.3) is 16.9 Å². The predicted molar refractivity (Wildman–Crippen MR) is 137 cm³/mol. The minimum Gasteiger partial charge on any atom is -0.444 e. The molecule has 2 aliphatic heterocycles. The highest BCUT2D eigenvalue weighted by Crippen LogP contribution is 2.40. The standard InChI is InChI=1S/C26H23F3N6O3/c1-15(8-17(10-30-2)26(27,28)29)19-6-7-20-24(33-19)35(21-12-34(20)13-22(21)36)25(37)32-18-5-3-4-16(9-18)23-11-31-14-38-23/h3-11,14,21-22,36H,2,12-13H2,1H3,(H,32,37)/b15-8+,17-10+/t21-,22-/m1/s1. The number of allylic oxidation sites excluding steroid dienone is 3. The van der Waals surface area contributed by atoms with Gasteiger partial charge in [-0.2, -0.15) is 13.2 Å². The van der Waals surface area contributed by atoms with E-state index < -0.39 is 29.9 Å². The van der Waals surface area contributed by atoms with E-state index in [0.717, 1.165) is 6.08 Å². The van der Waals surface area contributed by atoms with Gasteiger partial charge in [0.05, 0.1) is 35.3 Å². The number of urea groups is 1. The summed E-state index contributed by atoms with van der Waals surface area (Å²) in [7, 11) is 0. The minimum absolute atomic E-state index is 0.216. The van der Waals surface area contributed by atoms with Gasteiger partial charge in [-0.15, -0.1) is 0 Å². The molecular formula is C26H23F3N6O3. The molecule has 0 saturated carbocycles. The summed E-state index contributed by atoms with van der Waals surface area (Å²) in [6.45, 7) is 5.28. The van der Waals surface area contributed by atoms with Crippen LogP contribution in [0.2, 0.25) is 0 Å². The van der Waals surface area contributed by atoms with Gasteiger partial charge in [0.15, 0.2) is 18.0 Å². The van der Waals surface area contributed by atoms with Crippen molar-refractivity contribution in [3.05, 3.63) is 72.5 Å². The molecule has 5 rings (SSSR count). The maximum Gasteiger partial charge on any atom is 0.417 e. The van der Waals surface area contributed by atoms with Crippen LogP contribution in [0.4, 0.5) is 35.2 Å². The van der Waals surface area contributed by atoms with Crippen molar-refractivity contribution < 1.29 is 27.5 Å². The number of aliphatic hydroxyl groups excluding tert-OH is 1. The molecule has 2 amide bonds. The lowest BCUT2D eigenvalue weighted by Crippen LogP contribution is -2.51. The van der Waals surface area contributed by atoms with E-state index in [-0.39, 0.29) is 17.1 Å². The number of hydrogen-bond donors (Lipinski definition) is 2. The highest BCUT2D eigenvalue weighted by molar-refractivity contribution is 6.05. The maximum absolute atomic E-state index is 13.6. The summed E-state index contributed by atoms with van der Waals surface area (Å²) in [5.41, 5.74) is 1.25. The largest absolute Gasteiger partial charge is 0.444 e. The Labute approximate surface area is 215 Å². The second-order valence-corrected chi connectivity index (χ2v) is 8.92. The molecule has 0 spiro atoms. The molecule has 0 aliphatic carbocycles. The molecular weight excluding hydrogens is 501 g/mol. The van der Waals surface area contributed by atoms with Crippen molar-refractivity contribution in [2.24, 2.45) is 4.99 Å². The number of pyridine rings is 1. The number of nitrogens with zero attached hydrogens (tertiary/aromatic N) is 5. The first kappa shape index (κ1) is 25.2. The third kappa shape index (κ3) is 4.77. The lowest BCUT2D eigenvalue weighted by atomic mass is 10.1. The first-order chi connectivity index (χ1) is 18.2. The molecule has 1 saturated heterocycles. The summed E-state index contributed by atoms with van der Waals surface area (Å²) in [5, 5.41) is 13.5. The van der Waals surface area contributed by atoms with Crippen LogP contribution in [-0.2, 0) is 0 Å². The Morgan fingerprint density at radius 1 is 1.29 bits per heavy atom. The van der Waals surface area contributed by atoms with Gasteiger partial charge in [0.1, 0.15) is 0 Å². The molecule has 4 heterocycles. The van der Waals surface area contributed by atoms with E-state index in [1.165, 1.54) is 18.2 Å². The Kier molecular flexibility index (Phi) is 6.49. The number of hydrogen-bond acceptors (Lipinski definition) is 7. The van der Waals surface area contributed by atoms with Gasteiger partial charge in [0.2, 0.25) is 0 Å². The van der Waals surface area contributed by atoms with Crippen LogP contribution in [0.5, 0.6) is 0 Å². The summed E-state index contributed by atoms with van der Waals surface area (Å²) in [4.78, 5) is 28.5. The number of amides is 2. The average Bonchev–Trinajstić information content (AvgIpc) is 3.52. The Morgan fingerprint density at radius 3 is 2.82 bits per heavy atom. The van der Waals surface area contributed by atoms with Gasteiger partial charge in [-0.1, -0.05) is 12.1 Å². The van der Waals surface area contributed by atoms with Crippen molar-refractivity contribution >= 4 is 35.5 Å². The van der Waals surface area contributed by atoms with Gasteiger partial charge < -0.3 is 19.7 Å². The number of carbonyl (C=O) groups is 1. The highest BCUT2D eigenvalue weighted by atomic mass is 19.4. The van der Waals surface area contributed by atoms with Crippen LogP contribution in [0.3, 0.4) is 0 Å². The average molecular weight is 525 g/mol. The molecule has 0 unspecified atom stereocenters. The van der Waals surface area contributed by atoms with Crippen LogP contribution >= 0.6 is 0 Å². The van der Waals surface area contributed by atoms with E-state index in [9.17, 15) is 23.1 Å². The summed E-state index contributed by atoms with van der Waals surface area (Å²) in [5.74, 6) is 0.769. The Hall–Kier alpha value is -4.45. The molecule has 2 atom stereocenters. The van der Waals surface area contributed by atoms with Crippen LogP contribution in [0, 0.1) is 0 Å². The molecule has 12 heteroatoms. The molecule has 2 aliphatic rings. The fraction of sp³-hybridized carbons (Fsp3) is 0.231. The van der Waals surface area contributed by atoms with Gasteiger partial charge >= 0.3 is 12.2 Å². The molecule has 38 heavy (non-hydrogen) atoms. The topological polar surface area (TPSA) is 107 Å². The normalized spacial score (nSPS) is 19.4. The van der Waals surface area contributed by atoms with E-state index in [4.69, 9.17) is 4.42 Å². The summed E-state index contributed by atoms with van der Waals surface area (Å²) in [6.07, 6.45) is -1.05. The highest BCUT2D eigenvalue weighted by Gasteiger charge is 2.45. The van der Waals surface area contributed by atoms with E-state index >= 15 is 0 Å². The number of oxazole rings is 1. The van der Waals surface area contributed by atoms with Gasteiger partial charge in [-0.25, -0.2) is 14.8 Å². The Balaban J connectivity index is 1.49. The minimum atomic E-state index is -4.63. The van der Waals surface area contributed by atoms with Gasteiger partial charge in [-0.05, 0) is 49.6 Å². The maximum atomic E-state index is 13.6. The molecule has 1 fully saturated rings. The number of nitrogens with one attached hydrogen (secondary N) is 1. The van der Waals surface area contributed by atoms with Crippen LogP contribution in [-0.4, -0.2) is 59.2 Å². The van der Waals surface area contributed by atoms with Crippen LogP contribution in [0.15, 0.2) is 76.2 Å². The summed E-state index contributed by atoms with van der Waals surface area (Å²) in [6, 6.07) is 9.12. The zero-order valence-corrected chi connectivity index (χ0v) is 20.2. The predicted octanol–water partition coefficient (Wildman–Crippen LogP) is 4.89. The third-order valence-corrected chi connectivity index (χ3v) is 6.40. The van der Waals surface area contributed by atoms with Gasteiger partial charge in [0, 0.05) is 30.5 Å². The van der Waals surface area contributed by atoms with Gasteiger partial charge in [-0.3, -0.25) is 9.89 Å². The number of benzene rings is 1. The zero-order chi connectivity index (χ0) is 27.0. The second kappa shape index (κ2) is 9.78. The van der Waals surface area contributed by atoms with Crippen molar-refractivity contribution in [3.8, 4) is 11.3 Å². The Bertz CT molecular complexity index is 1430. The third-order valence-electron chi connectivity index (χ3n) is 6.40. The number of fused-ring (bicyclic) bond motifs is 4. The van der Waals surface area contributed by atoms with E-state index in [2.05, 4.69) is 27.0 Å². The van der Waals surface area contributed by atoms with Crippen molar-refractivity contribution in [1.29, 1.82) is 0 Å². The second-order valence-electron chi connectivity index (χ2n) is 8.92. The molecule has 1 aromatic carbocycles. The zero-order valence-electron chi connectivity index (χ0n) is 20.2. The van der Waals surface area contributed by atoms with Crippen molar-refractivity contribution in [3.63, 3.8) is 0 Å². The number of aromatic nitrogens is 2. The van der Waals surface area contributed by atoms with Crippen molar-refractivity contribution in [2.45, 2.75) is 25.2 Å². The molecule has 0 radical (unpaired) electrons. The first-order valence-corrected chi connectivity index (χ1v) is 11.6. The summed E-state index contributed by atoms with van der Waals surface area (Å²) < 4.78 is 45.5. The summed E-state index contributed by atoms with van der Waals surface area (Å²) >= 11 is 0. The number of alkyl halides is 3. The number of rotatable bonds is 5. The molecule has 9 nitrogen and oxygen atoms in total. The number of carbonyl (C=O) groups excluding carboxylic acids is 1. The van der Waals surface area contributed by atoms with E-state index in [0.29, 0.717) is 42.0 Å². The smallest absolute Gasteiger partial charge is 0.417 e. The fourth-order valence-corrected chi connectivity index (χ4v) is 4.60. The quantitative estimate of drug-likeness (QED) is 0.364. The first-order valence-electron chi connectivity index (χ1n) is 11.6. The molecule has 2 aromatic heterocycles. The Morgan fingerprint density at radius 2 is 2.11 bits per heavy atom. The van der Waals surface area contributed by atoms with Crippen molar-refractivity contribution in [2.75, 3.05) is 28.2 Å². The van der Waals surface area contributed by atoms with Crippen LogP contribution < -0.4 is 15.1 Å². The lowest BCUT2D eigenvalue weighted by molar-refractivity contribution is -0.0883. The van der Waals surface area contributed by atoms with Crippen LogP contribution in [0.1, 0.15) is 12.6 Å². The van der Waals surface area contributed by atoms with E-state index in [1.807, 2.05) is 4.90 Å². The monoisotopic (exact) mass is 524 g/mol. The number of aliphatic hydroxyl groups is 1. The number of aliphatic imine (C=N–C) groups is 1. The van der Waals surface area contributed by atoms with Gasteiger partial charge in [0.25, 0.3) is 0 Å². The number of halogens is 3. The number of anilines is 3. The molecule has 2 N–H and O–H groups in total. The molecule has 3 aromatic rings. The molecule has 2 bridgehead atoms. The molecule has 196 valence electrons. The SMILES string of the molecule is C=N/C=C(\C=C(/C)c1ccc2c(n1)N(C(=O)Nc1cccc(-c3cnco3)c1)[C@@H]1CN2C[C@H]1O)C(F)(F)F. The van der Waals surface area contributed by atoms with E-state index in [1.54, 1.807) is 42.6 Å². The van der Waals surface area contributed by atoms with Crippen molar-refractivity contribution in [1.82, 2.24) is 9.97 Å².